The average molecular weight is 741 g/mol. The summed E-state index contributed by atoms with van der Waals surface area (Å²) in [7, 11) is 1.43. The molecule has 2 heterocycles. The van der Waals surface area contributed by atoms with E-state index in [0.717, 1.165) is 5.57 Å². The number of imide groups is 2. The van der Waals surface area contributed by atoms with Gasteiger partial charge in [0.15, 0.2) is 11.5 Å². The second-order valence-corrected chi connectivity index (χ2v) is 13.6. The van der Waals surface area contributed by atoms with E-state index < -0.39 is 46.8 Å². The van der Waals surface area contributed by atoms with Crippen LogP contribution in [0.3, 0.4) is 0 Å². The zero-order valence-electron chi connectivity index (χ0n) is 23.2. The molecule has 2 aliphatic heterocycles. The number of benzene rings is 3. The number of rotatable bonds is 4. The highest BCUT2D eigenvalue weighted by Crippen LogP contribution is 2.65. The van der Waals surface area contributed by atoms with Gasteiger partial charge < -0.3 is 9.84 Å². The average Bonchev–Trinajstić information content (AvgIpc) is 3.44. The molecule has 11 heteroatoms. The Balaban J connectivity index is 1.57. The Bertz CT molecular complexity index is 1810. The topological polar surface area (TPSA) is 113 Å². The van der Waals surface area contributed by atoms with E-state index in [2.05, 4.69) is 37.2 Å². The summed E-state index contributed by atoms with van der Waals surface area (Å²) < 4.78 is 6.34. The third-order valence-corrected chi connectivity index (χ3v) is 12.1. The second-order valence-electron chi connectivity index (χ2n) is 11.6. The number of nitrogens with zero attached hydrogens (tertiary/aromatic N) is 1. The number of hydrogen-bond acceptors (Lipinski definition) is 6. The van der Waals surface area contributed by atoms with E-state index in [4.69, 9.17) is 16.3 Å². The molecule has 0 spiro atoms. The van der Waals surface area contributed by atoms with Gasteiger partial charge in [-0.05, 0) is 86.0 Å². The SMILES string of the molecule is COc1cc(C2C3=CCC4C(=O)NC(=O)C4C3CC3C(=O)N(c4cccc(Cl)c4)C(=O)C32c2ccccc2)c(Br)c(Br)c1O. The largest absolute Gasteiger partial charge is 0.503 e. The molecule has 6 unspecified atom stereocenters. The van der Waals surface area contributed by atoms with Crippen molar-refractivity contribution in [1.82, 2.24) is 5.32 Å². The van der Waals surface area contributed by atoms with Crippen LogP contribution in [-0.4, -0.2) is 35.8 Å². The molecule has 1 saturated carbocycles. The number of nitrogens with one attached hydrogen (secondary N) is 1. The van der Waals surface area contributed by atoms with Crippen LogP contribution in [0.2, 0.25) is 5.02 Å². The maximum Gasteiger partial charge on any atom is 0.246 e. The van der Waals surface area contributed by atoms with Crippen LogP contribution in [-0.2, 0) is 24.6 Å². The van der Waals surface area contributed by atoms with E-state index in [0.29, 0.717) is 37.2 Å². The van der Waals surface area contributed by atoms with Gasteiger partial charge in [-0.3, -0.25) is 24.5 Å². The zero-order valence-corrected chi connectivity index (χ0v) is 27.1. The van der Waals surface area contributed by atoms with Crippen LogP contribution in [0.5, 0.6) is 11.5 Å². The van der Waals surface area contributed by atoms with Gasteiger partial charge in [0.2, 0.25) is 23.6 Å². The number of carbonyl (C=O) groups is 4. The Morgan fingerprint density at radius 3 is 2.43 bits per heavy atom. The van der Waals surface area contributed by atoms with Gasteiger partial charge in [-0.1, -0.05) is 59.6 Å². The molecule has 3 fully saturated rings. The molecule has 0 radical (unpaired) electrons. The lowest BCUT2D eigenvalue weighted by molar-refractivity contribution is -0.128. The summed E-state index contributed by atoms with van der Waals surface area (Å²) in [6, 6.07) is 17.5. The third-order valence-electron chi connectivity index (χ3n) is 9.71. The van der Waals surface area contributed by atoms with Crippen molar-refractivity contribution >= 4 is 72.8 Å². The van der Waals surface area contributed by atoms with E-state index in [1.807, 2.05) is 36.4 Å². The summed E-state index contributed by atoms with van der Waals surface area (Å²) in [5.74, 6) is -4.87. The van der Waals surface area contributed by atoms with Gasteiger partial charge in [0.25, 0.3) is 0 Å². The molecule has 6 atom stereocenters. The van der Waals surface area contributed by atoms with Gasteiger partial charge >= 0.3 is 0 Å². The minimum absolute atomic E-state index is 0.131. The lowest BCUT2D eigenvalue weighted by Gasteiger charge is -2.51. The fourth-order valence-electron chi connectivity index (χ4n) is 7.98. The number of ether oxygens (including phenoxy) is 1. The van der Waals surface area contributed by atoms with Crippen LogP contribution in [0.1, 0.15) is 29.9 Å². The molecule has 2 saturated heterocycles. The lowest BCUT2D eigenvalue weighted by Crippen LogP contribution is -2.53. The van der Waals surface area contributed by atoms with E-state index in [1.54, 1.807) is 30.3 Å². The van der Waals surface area contributed by atoms with Crippen molar-refractivity contribution in [2.24, 2.45) is 23.7 Å². The van der Waals surface area contributed by atoms with Crippen molar-refractivity contribution in [1.29, 1.82) is 0 Å². The molecule has 44 heavy (non-hydrogen) atoms. The summed E-state index contributed by atoms with van der Waals surface area (Å²) >= 11 is 13.5. The van der Waals surface area contributed by atoms with Crippen LogP contribution in [0.4, 0.5) is 5.69 Å². The molecule has 3 aromatic rings. The first-order chi connectivity index (χ1) is 21.1. The van der Waals surface area contributed by atoms with Crippen LogP contribution in [0, 0.1) is 23.7 Å². The fraction of sp³-hybridized carbons (Fsp3) is 0.273. The van der Waals surface area contributed by atoms with E-state index in [-0.39, 0.29) is 29.7 Å². The van der Waals surface area contributed by atoms with Crippen molar-refractivity contribution in [3.05, 3.63) is 97.4 Å². The molecule has 4 aliphatic rings. The molecular weight excluding hydrogens is 716 g/mol. The lowest BCUT2D eigenvalue weighted by atomic mass is 9.49. The molecule has 0 aromatic heterocycles. The standard InChI is InChI=1S/C33H25Br2ClN2O6/c1-44-23-14-21(26(34)27(35)28(23)39)25-18-10-11-19-24(30(41)37-29(19)40)20(18)13-22-31(42)38(17-9-5-8-16(36)12-17)32(43)33(22,25)15-6-3-2-4-7-15/h2-10,12,14,19-20,22,24-25,39H,11,13H2,1H3,(H,37,40,41). The van der Waals surface area contributed by atoms with Gasteiger partial charge in [-0.25, -0.2) is 4.90 Å². The maximum atomic E-state index is 15.2. The Morgan fingerprint density at radius 1 is 0.977 bits per heavy atom. The smallest absolute Gasteiger partial charge is 0.246 e. The number of fused-ring (bicyclic) bond motifs is 4. The van der Waals surface area contributed by atoms with Crippen LogP contribution >= 0.6 is 43.5 Å². The summed E-state index contributed by atoms with van der Waals surface area (Å²) in [4.78, 5) is 57.2. The van der Waals surface area contributed by atoms with E-state index >= 15 is 4.79 Å². The normalized spacial score (nSPS) is 29.1. The van der Waals surface area contributed by atoms with Gasteiger partial charge in [0.1, 0.15) is 0 Å². The minimum atomic E-state index is -1.45. The number of phenols is 1. The molecule has 2 N–H and O–H groups in total. The van der Waals surface area contributed by atoms with Crippen molar-refractivity contribution in [2.45, 2.75) is 24.2 Å². The molecule has 4 amide bonds. The fourth-order valence-corrected chi connectivity index (χ4v) is 9.12. The Morgan fingerprint density at radius 2 is 1.73 bits per heavy atom. The number of anilines is 1. The van der Waals surface area contributed by atoms with E-state index in [9.17, 15) is 19.5 Å². The van der Waals surface area contributed by atoms with Gasteiger partial charge in [0.05, 0.1) is 40.4 Å². The molecule has 8 nitrogen and oxygen atoms in total. The highest BCUT2D eigenvalue weighted by Gasteiger charge is 2.70. The van der Waals surface area contributed by atoms with Crippen LogP contribution in [0.15, 0.2) is 81.3 Å². The zero-order chi connectivity index (χ0) is 31.1. The molecular formula is C33H25Br2ClN2O6. The molecule has 7 rings (SSSR count). The number of methoxy groups -OCH3 is 1. The number of amides is 4. The molecule has 2 aliphatic carbocycles. The predicted octanol–water partition coefficient (Wildman–Crippen LogP) is 6.03. The van der Waals surface area contributed by atoms with E-state index in [1.165, 1.54) is 12.0 Å². The second kappa shape index (κ2) is 10.6. The molecule has 0 bridgehead atoms. The quantitative estimate of drug-likeness (QED) is 0.250. The third kappa shape index (κ3) is 3.93. The first-order valence-electron chi connectivity index (χ1n) is 14.1. The molecule has 224 valence electrons. The van der Waals surface area contributed by atoms with Gasteiger partial charge in [-0.2, -0.15) is 0 Å². The predicted molar refractivity (Wildman–Crippen MR) is 169 cm³/mol. The highest BCUT2D eigenvalue weighted by atomic mass is 79.9. The summed E-state index contributed by atoms with van der Waals surface area (Å²) in [5, 5.41) is 13.7. The number of hydrogen-bond donors (Lipinski definition) is 2. The monoisotopic (exact) mass is 738 g/mol. The minimum Gasteiger partial charge on any atom is -0.503 e. The summed E-state index contributed by atoms with van der Waals surface area (Å²) in [5.41, 5.74) is 0.933. The Kier molecular flexibility index (Phi) is 7.02. The van der Waals surface area contributed by atoms with Gasteiger partial charge in [0, 0.05) is 15.4 Å². The van der Waals surface area contributed by atoms with Crippen LogP contribution < -0.4 is 15.0 Å². The van der Waals surface area contributed by atoms with Crippen molar-refractivity contribution in [3.8, 4) is 11.5 Å². The van der Waals surface area contributed by atoms with Crippen molar-refractivity contribution in [3.63, 3.8) is 0 Å². The first-order valence-corrected chi connectivity index (χ1v) is 16.1. The highest BCUT2D eigenvalue weighted by molar-refractivity contribution is 9.13. The van der Waals surface area contributed by atoms with Crippen LogP contribution in [0.25, 0.3) is 0 Å². The molecule has 3 aromatic carbocycles. The number of aromatic hydroxyl groups is 1. The maximum absolute atomic E-state index is 15.2. The van der Waals surface area contributed by atoms with Gasteiger partial charge in [-0.15, -0.1) is 0 Å². The Hall–Kier alpha value is -3.47. The number of allylic oxidation sites excluding steroid dienone is 2. The number of carbonyl (C=O) groups excluding carboxylic acids is 4. The number of phenolic OH excluding ortho intramolecular Hbond substituents is 1. The number of halogens is 3. The summed E-state index contributed by atoms with van der Waals surface area (Å²) in [6.45, 7) is 0. The van der Waals surface area contributed by atoms with Crippen molar-refractivity contribution < 1.29 is 29.0 Å². The first kappa shape index (κ1) is 29.3. The van der Waals surface area contributed by atoms with Crippen molar-refractivity contribution in [2.75, 3.05) is 12.0 Å². The summed E-state index contributed by atoms with van der Waals surface area (Å²) in [6.07, 6.45) is 2.47. The Labute approximate surface area is 274 Å².